The van der Waals surface area contributed by atoms with Gasteiger partial charge in [0.2, 0.25) is 0 Å². The lowest BCUT2D eigenvalue weighted by atomic mass is 10.1. The largest absolute Gasteiger partial charge is 0.309 e. The third-order valence-corrected chi connectivity index (χ3v) is 9.29. The van der Waals surface area contributed by atoms with E-state index in [2.05, 4.69) is 165 Å². The van der Waals surface area contributed by atoms with Crippen LogP contribution in [0.25, 0.3) is 82.6 Å². The Morgan fingerprint density at radius 2 is 0.689 bits per heavy atom. The SMILES string of the molecule is c1ccc2c(c1)c1ccccc1n2-c1ccc(-n2c3ccccc3c3cc(-n4c5ccccc5c5ccccc54)ccc32)nc1. The fourth-order valence-electron chi connectivity index (χ4n) is 7.39. The predicted octanol–water partition coefficient (Wildman–Crippen LogP) is 10.4. The van der Waals surface area contributed by atoms with Gasteiger partial charge in [-0.3, -0.25) is 4.57 Å². The van der Waals surface area contributed by atoms with E-state index in [4.69, 9.17) is 4.98 Å². The molecule has 0 saturated heterocycles. The number of rotatable bonds is 3. The summed E-state index contributed by atoms with van der Waals surface area (Å²) >= 11 is 0. The molecule has 0 aliphatic rings. The van der Waals surface area contributed by atoms with Crippen LogP contribution < -0.4 is 0 Å². The maximum atomic E-state index is 5.08. The van der Waals surface area contributed by atoms with Crippen LogP contribution in [0.5, 0.6) is 0 Å². The third kappa shape index (κ3) is 3.39. The Morgan fingerprint density at radius 3 is 1.16 bits per heavy atom. The van der Waals surface area contributed by atoms with Gasteiger partial charge in [0.15, 0.2) is 0 Å². The van der Waals surface area contributed by atoms with Crippen LogP contribution in [0.15, 0.2) is 158 Å². The van der Waals surface area contributed by atoms with Crippen molar-refractivity contribution in [3.8, 4) is 17.2 Å². The van der Waals surface area contributed by atoms with E-state index in [9.17, 15) is 0 Å². The molecular weight excluding hydrogens is 548 g/mol. The van der Waals surface area contributed by atoms with Crippen LogP contribution in [0.2, 0.25) is 0 Å². The lowest BCUT2D eigenvalue weighted by Crippen LogP contribution is -2.00. The summed E-state index contributed by atoms with van der Waals surface area (Å²) < 4.78 is 6.98. The molecule has 0 radical (unpaired) electrons. The Hall–Kier alpha value is -6.13. The van der Waals surface area contributed by atoms with Gasteiger partial charge in [-0.2, -0.15) is 0 Å². The zero-order valence-electron chi connectivity index (χ0n) is 24.3. The predicted molar refractivity (Wildman–Crippen MR) is 187 cm³/mol. The van der Waals surface area contributed by atoms with Crippen LogP contribution in [0.3, 0.4) is 0 Å². The number of nitrogens with zero attached hydrogens (tertiary/aromatic N) is 4. The summed E-state index contributed by atoms with van der Waals surface area (Å²) in [6.45, 7) is 0. The first kappa shape index (κ1) is 24.3. The fourth-order valence-corrected chi connectivity index (χ4v) is 7.39. The minimum absolute atomic E-state index is 0.898. The summed E-state index contributed by atoms with van der Waals surface area (Å²) in [5.74, 6) is 0.898. The van der Waals surface area contributed by atoms with Crippen molar-refractivity contribution in [2.75, 3.05) is 0 Å². The maximum absolute atomic E-state index is 5.08. The second-order valence-corrected chi connectivity index (χ2v) is 11.7. The zero-order chi connectivity index (χ0) is 29.5. The standard InChI is InChI=1S/C41H26N4/c1-6-16-35-29(11-1)30-12-2-7-17-36(30)43(35)27-21-23-40-34(25-27)33-15-5-10-20-39(33)45(40)41-24-22-28(26-42-41)44-37-18-8-3-13-31(37)32-14-4-9-19-38(32)44/h1-26H. The highest BCUT2D eigenvalue weighted by Gasteiger charge is 2.17. The lowest BCUT2D eigenvalue weighted by molar-refractivity contribution is 1.05. The monoisotopic (exact) mass is 574 g/mol. The highest BCUT2D eigenvalue weighted by Crippen LogP contribution is 2.37. The average Bonchev–Trinajstić information content (AvgIpc) is 3.74. The van der Waals surface area contributed by atoms with Gasteiger partial charge in [0.1, 0.15) is 5.82 Å². The Bertz CT molecular complexity index is 2650. The van der Waals surface area contributed by atoms with Crippen LogP contribution in [0, 0.1) is 0 Å². The maximum Gasteiger partial charge on any atom is 0.137 e. The molecule has 0 saturated carbocycles. The van der Waals surface area contributed by atoms with E-state index in [0.29, 0.717) is 0 Å². The van der Waals surface area contributed by atoms with E-state index in [0.717, 1.165) is 28.2 Å². The first-order valence-electron chi connectivity index (χ1n) is 15.3. The van der Waals surface area contributed by atoms with Crippen molar-refractivity contribution in [1.29, 1.82) is 0 Å². The van der Waals surface area contributed by atoms with Gasteiger partial charge in [0.05, 0.1) is 45.0 Å². The highest BCUT2D eigenvalue weighted by atomic mass is 15.1. The van der Waals surface area contributed by atoms with E-state index in [-0.39, 0.29) is 0 Å². The van der Waals surface area contributed by atoms with Crippen LogP contribution in [-0.4, -0.2) is 18.7 Å². The minimum Gasteiger partial charge on any atom is -0.309 e. The van der Waals surface area contributed by atoms with Gasteiger partial charge >= 0.3 is 0 Å². The first-order chi connectivity index (χ1) is 22.3. The van der Waals surface area contributed by atoms with Crippen molar-refractivity contribution in [2.45, 2.75) is 0 Å². The molecule has 0 aliphatic carbocycles. The van der Waals surface area contributed by atoms with Crippen molar-refractivity contribution >= 4 is 65.4 Å². The molecule has 4 nitrogen and oxygen atoms in total. The molecule has 210 valence electrons. The summed E-state index contributed by atoms with van der Waals surface area (Å²) in [7, 11) is 0. The second-order valence-electron chi connectivity index (χ2n) is 11.7. The van der Waals surface area contributed by atoms with Gasteiger partial charge in [0.25, 0.3) is 0 Å². The molecular formula is C41H26N4. The average molecular weight is 575 g/mol. The Labute approximate surface area is 258 Å². The third-order valence-electron chi connectivity index (χ3n) is 9.29. The van der Waals surface area contributed by atoms with Gasteiger partial charge < -0.3 is 9.13 Å². The molecule has 10 rings (SSSR count). The summed E-state index contributed by atoms with van der Waals surface area (Å²) in [5, 5.41) is 7.45. The Morgan fingerprint density at radius 1 is 0.311 bits per heavy atom. The molecule has 0 N–H and O–H groups in total. The summed E-state index contributed by atoms with van der Waals surface area (Å²) in [6, 6.07) is 54.3. The number of benzene rings is 6. The molecule has 4 heteroatoms. The molecule has 45 heavy (non-hydrogen) atoms. The highest BCUT2D eigenvalue weighted by molar-refractivity contribution is 6.12. The Balaban J connectivity index is 1.17. The van der Waals surface area contributed by atoms with Crippen molar-refractivity contribution in [3.05, 3.63) is 158 Å². The molecule has 4 heterocycles. The molecule has 0 atom stereocenters. The number of hydrogen-bond acceptors (Lipinski definition) is 1. The molecule has 10 aromatic rings. The molecule has 0 fully saturated rings. The van der Waals surface area contributed by atoms with E-state index in [1.54, 1.807) is 0 Å². The van der Waals surface area contributed by atoms with Gasteiger partial charge in [-0.25, -0.2) is 4.98 Å². The number of para-hydroxylation sites is 5. The quantitative estimate of drug-likeness (QED) is 0.206. The molecule has 4 aromatic heterocycles. The summed E-state index contributed by atoms with van der Waals surface area (Å²) in [4.78, 5) is 5.08. The van der Waals surface area contributed by atoms with E-state index < -0.39 is 0 Å². The number of pyridine rings is 1. The smallest absolute Gasteiger partial charge is 0.137 e. The molecule has 0 aliphatic heterocycles. The lowest BCUT2D eigenvalue weighted by Gasteiger charge is -2.11. The van der Waals surface area contributed by atoms with Crippen molar-refractivity contribution in [3.63, 3.8) is 0 Å². The molecule has 6 aromatic carbocycles. The van der Waals surface area contributed by atoms with Crippen molar-refractivity contribution in [1.82, 2.24) is 18.7 Å². The van der Waals surface area contributed by atoms with Crippen LogP contribution >= 0.6 is 0 Å². The van der Waals surface area contributed by atoms with Crippen LogP contribution in [0.4, 0.5) is 0 Å². The normalized spacial score (nSPS) is 12.0. The first-order valence-corrected chi connectivity index (χ1v) is 15.3. The van der Waals surface area contributed by atoms with Gasteiger partial charge in [-0.15, -0.1) is 0 Å². The number of hydrogen-bond donors (Lipinski definition) is 0. The molecule has 0 amide bonds. The van der Waals surface area contributed by atoms with Crippen molar-refractivity contribution < 1.29 is 0 Å². The zero-order valence-corrected chi connectivity index (χ0v) is 24.3. The second kappa shape index (κ2) is 9.18. The number of aromatic nitrogens is 4. The van der Waals surface area contributed by atoms with E-state index in [1.807, 2.05) is 6.20 Å². The van der Waals surface area contributed by atoms with Gasteiger partial charge in [0, 0.05) is 38.0 Å². The summed E-state index contributed by atoms with van der Waals surface area (Å²) in [5.41, 5.74) is 9.27. The minimum atomic E-state index is 0.898. The molecule has 0 spiro atoms. The summed E-state index contributed by atoms with van der Waals surface area (Å²) in [6.07, 6.45) is 2.00. The van der Waals surface area contributed by atoms with Crippen LogP contribution in [-0.2, 0) is 0 Å². The van der Waals surface area contributed by atoms with Gasteiger partial charge in [-0.05, 0) is 60.7 Å². The van der Waals surface area contributed by atoms with E-state index >= 15 is 0 Å². The van der Waals surface area contributed by atoms with Crippen molar-refractivity contribution in [2.24, 2.45) is 0 Å². The molecule has 0 unspecified atom stereocenters. The van der Waals surface area contributed by atoms with Crippen LogP contribution in [0.1, 0.15) is 0 Å². The number of fused-ring (bicyclic) bond motifs is 9. The molecule has 0 bridgehead atoms. The van der Waals surface area contributed by atoms with Gasteiger partial charge in [-0.1, -0.05) is 91.0 Å². The van der Waals surface area contributed by atoms with E-state index in [1.165, 1.54) is 54.4 Å². The fraction of sp³-hybridized carbons (Fsp3) is 0. The topological polar surface area (TPSA) is 27.7 Å². The Kier molecular flexibility index (Phi) is 4.96.